The van der Waals surface area contributed by atoms with Crippen LogP contribution in [0.4, 0.5) is 14.5 Å². The van der Waals surface area contributed by atoms with Gasteiger partial charge in [-0.3, -0.25) is 0 Å². The van der Waals surface area contributed by atoms with Crippen LogP contribution in [0, 0.1) is 11.6 Å². The fraction of sp³-hybridized carbons (Fsp3) is 0.0769. The minimum Gasteiger partial charge on any atom is -0.399 e. The second-order valence-electron chi connectivity index (χ2n) is 4.19. The number of anilines is 1. The van der Waals surface area contributed by atoms with Crippen molar-refractivity contribution in [1.29, 1.82) is 0 Å². The molecule has 0 radical (unpaired) electrons. The highest BCUT2D eigenvalue weighted by Gasteiger charge is 2.19. The van der Waals surface area contributed by atoms with Gasteiger partial charge < -0.3 is 5.73 Å². The van der Waals surface area contributed by atoms with Crippen molar-refractivity contribution in [1.82, 2.24) is 0 Å². The number of benzene rings is 2. The van der Waals surface area contributed by atoms with Gasteiger partial charge in [0.15, 0.2) is 9.84 Å². The maximum absolute atomic E-state index is 13.3. The zero-order valence-corrected chi connectivity index (χ0v) is 11.7. The Hall–Kier alpha value is -1.66. The molecule has 0 unspecified atom stereocenters. The first kappa shape index (κ1) is 14.7. The summed E-state index contributed by atoms with van der Waals surface area (Å²) in [5, 5.41) is -0.263. The lowest BCUT2D eigenvalue weighted by Crippen LogP contribution is -2.07. The lowest BCUT2D eigenvalue weighted by molar-refractivity contribution is 0.590. The molecule has 0 bridgehead atoms. The van der Waals surface area contributed by atoms with E-state index >= 15 is 0 Å². The number of nitrogens with two attached hydrogens (primary N) is 1. The smallest absolute Gasteiger partial charge is 0.182 e. The Labute approximate surface area is 119 Å². The van der Waals surface area contributed by atoms with Gasteiger partial charge >= 0.3 is 0 Å². The SMILES string of the molecule is Nc1cc(F)cc(S(=O)(=O)Cc2cccc(F)c2Cl)c1. The molecule has 0 atom stereocenters. The van der Waals surface area contributed by atoms with E-state index in [4.69, 9.17) is 17.3 Å². The standard InChI is InChI=1S/C13H10ClF2NO2S/c14-13-8(2-1-3-12(13)16)7-20(18,19)11-5-9(15)4-10(17)6-11/h1-6H,7,17H2. The molecule has 7 heteroatoms. The fourth-order valence-corrected chi connectivity index (χ4v) is 3.41. The molecule has 0 aliphatic heterocycles. The Morgan fingerprint density at radius 1 is 1.15 bits per heavy atom. The van der Waals surface area contributed by atoms with Crippen LogP contribution in [0.2, 0.25) is 5.02 Å². The van der Waals surface area contributed by atoms with E-state index in [-0.39, 0.29) is 21.2 Å². The first-order valence-electron chi connectivity index (χ1n) is 5.51. The molecule has 0 aliphatic carbocycles. The van der Waals surface area contributed by atoms with Crippen molar-refractivity contribution in [2.24, 2.45) is 0 Å². The van der Waals surface area contributed by atoms with Crippen molar-refractivity contribution < 1.29 is 17.2 Å². The third-order valence-electron chi connectivity index (χ3n) is 2.63. The van der Waals surface area contributed by atoms with Gasteiger partial charge in [0.25, 0.3) is 0 Å². The van der Waals surface area contributed by atoms with Crippen LogP contribution in [0.15, 0.2) is 41.3 Å². The summed E-state index contributed by atoms with van der Waals surface area (Å²) in [6.45, 7) is 0. The van der Waals surface area contributed by atoms with Gasteiger partial charge in [-0.25, -0.2) is 17.2 Å². The van der Waals surface area contributed by atoms with Crippen LogP contribution >= 0.6 is 11.6 Å². The molecule has 2 N–H and O–H groups in total. The highest BCUT2D eigenvalue weighted by Crippen LogP contribution is 2.25. The number of rotatable bonds is 3. The van der Waals surface area contributed by atoms with Crippen molar-refractivity contribution in [3.05, 3.63) is 58.6 Å². The van der Waals surface area contributed by atoms with Gasteiger partial charge in [-0.15, -0.1) is 0 Å². The molecular formula is C13H10ClF2NO2S. The molecule has 0 aromatic heterocycles. The molecule has 0 aliphatic rings. The molecule has 106 valence electrons. The van der Waals surface area contributed by atoms with Crippen molar-refractivity contribution in [2.45, 2.75) is 10.6 Å². The molecule has 0 saturated carbocycles. The highest BCUT2D eigenvalue weighted by molar-refractivity contribution is 7.90. The largest absolute Gasteiger partial charge is 0.399 e. The van der Waals surface area contributed by atoms with E-state index in [1.54, 1.807) is 0 Å². The Bertz CT molecular complexity index is 743. The van der Waals surface area contributed by atoms with Gasteiger partial charge in [-0.1, -0.05) is 23.7 Å². The minimum atomic E-state index is -3.87. The highest BCUT2D eigenvalue weighted by atomic mass is 35.5. The summed E-state index contributed by atoms with van der Waals surface area (Å²) in [5.41, 5.74) is 5.51. The molecule has 0 heterocycles. The van der Waals surface area contributed by atoms with Crippen LogP contribution in [0.3, 0.4) is 0 Å². The van der Waals surface area contributed by atoms with Crippen molar-refractivity contribution in [3.8, 4) is 0 Å². The van der Waals surface area contributed by atoms with Gasteiger partial charge in [-0.05, 0) is 29.8 Å². The summed E-state index contributed by atoms with van der Waals surface area (Å²) in [6.07, 6.45) is 0. The Balaban J connectivity index is 2.43. The molecular weight excluding hydrogens is 308 g/mol. The lowest BCUT2D eigenvalue weighted by Gasteiger charge is -2.08. The first-order chi connectivity index (χ1) is 9.29. The van der Waals surface area contributed by atoms with E-state index in [9.17, 15) is 17.2 Å². The summed E-state index contributed by atoms with van der Waals surface area (Å²) < 4.78 is 50.8. The van der Waals surface area contributed by atoms with E-state index in [1.165, 1.54) is 12.1 Å². The zero-order chi connectivity index (χ0) is 14.9. The van der Waals surface area contributed by atoms with E-state index in [0.717, 1.165) is 24.3 Å². The number of sulfone groups is 1. The molecule has 0 fully saturated rings. The average molecular weight is 318 g/mol. The fourth-order valence-electron chi connectivity index (χ4n) is 1.71. The number of halogens is 3. The summed E-state index contributed by atoms with van der Waals surface area (Å²) in [6, 6.07) is 6.88. The molecule has 2 rings (SSSR count). The van der Waals surface area contributed by atoms with Crippen LogP contribution < -0.4 is 5.73 Å². The van der Waals surface area contributed by atoms with Gasteiger partial charge in [0.1, 0.15) is 11.6 Å². The summed E-state index contributed by atoms with van der Waals surface area (Å²) >= 11 is 5.71. The number of hydrogen-bond donors (Lipinski definition) is 1. The van der Waals surface area contributed by atoms with E-state index in [0.29, 0.717) is 0 Å². The molecule has 3 nitrogen and oxygen atoms in total. The molecule has 2 aromatic rings. The maximum Gasteiger partial charge on any atom is 0.182 e. The minimum absolute atomic E-state index is 0.00564. The summed E-state index contributed by atoms with van der Waals surface area (Å²) in [5.74, 6) is -2.00. The van der Waals surface area contributed by atoms with Gasteiger partial charge in [-0.2, -0.15) is 0 Å². The first-order valence-corrected chi connectivity index (χ1v) is 7.54. The maximum atomic E-state index is 13.3. The average Bonchev–Trinajstić information content (AvgIpc) is 2.33. The molecule has 0 saturated heterocycles. The van der Waals surface area contributed by atoms with Crippen LogP contribution in [0.1, 0.15) is 5.56 Å². The molecule has 2 aromatic carbocycles. The van der Waals surface area contributed by atoms with E-state index < -0.39 is 27.2 Å². The van der Waals surface area contributed by atoms with Gasteiger partial charge in [0.2, 0.25) is 0 Å². The monoisotopic (exact) mass is 317 g/mol. The predicted molar refractivity (Wildman–Crippen MR) is 73.1 cm³/mol. The second kappa shape index (κ2) is 5.38. The quantitative estimate of drug-likeness (QED) is 0.884. The van der Waals surface area contributed by atoms with Gasteiger partial charge in [0, 0.05) is 5.69 Å². The van der Waals surface area contributed by atoms with Crippen LogP contribution in [0.5, 0.6) is 0 Å². The molecule has 20 heavy (non-hydrogen) atoms. The Kier molecular flexibility index (Phi) is 3.96. The second-order valence-corrected chi connectivity index (χ2v) is 6.56. The summed E-state index contributed by atoms with van der Waals surface area (Å²) in [7, 11) is -3.87. The molecule has 0 spiro atoms. The summed E-state index contributed by atoms with van der Waals surface area (Å²) in [4.78, 5) is -0.268. The van der Waals surface area contributed by atoms with E-state index in [1.807, 2.05) is 0 Å². The molecule has 0 amide bonds. The van der Waals surface area contributed by atoms with Crippen LogP contribution in [0.25, 0.3) is 0 Å². The predicted octanol–water partition coefficient (Wildman–Crippen LogP) is 3.17. The van der Waals surface area contributed by atoms with E-state index in [2.05, 4.69) is 0 Å². The topological polar surface area (TPSA) is 60.2 Å². The number of hydrogen-bond acceptors (Lipinski definition) is 3. The van der Waals surface area contributed by atoms with Crippen LogP contribution in [-0.2, 0) is 15.6 Å². The van der Waals surface area contributed by atoms with Gasteiger partial charge in [0.05, 0.1) is 15.7 Å². The Morgan fingerprint density at radius 3 is 2.50 bits per heavy atom. The Morgan fingerprint density at radius 2 is 1.85 bits per heavy atom. The van der Waals surface area contributed by atoms with Crippen molar-refractivity contribution in [3.63, 3.8) is 0 Å². The third-order valence-corrected chi connectivity index (χ3v) is 4.70. The lowest BCUT2D eigenvalue weighted by atomic mass is 10.2. The zero-order valence-electron chi connectivity index (χ0n) is 10.1. The van der Waals surface area contributed by atoms with Crippen molar-refractivity contribution >= 4 is 27.1 Å². The third kappa shape index (κ3) is 3.08. The van der Waals surface area contributed by atoms with Crippen molar-refractivity contribution in [2.75, 3.05) is 5.73 Å². The normalized spacial score (nSPS) is 11.6. The van der Waals surface area contributed by atoms with Crippen LogP contribution in [-0.4, -0.2) is 8.42 Å². The number of nitrogen functional groups attached to an aromatic ring is 1.